The molecule has 0 saturated carbocycles. The van der Waals surface area contributed by atoms with Crippen molar-refractivity contribution in [3.05, 3.63) is 30.0 Å². The first-order chi connectivity index (χ1) is 9.65. The van der Waals surface area contributed by atoms with Gasteiger partial charge in [-0.25, -0.2) is 0 Å². The van der Waals surface area contributed by atoms with Crippen molar-refractivity contribution >= 4 is 16.9 Å². The molecule has 1 atom stereocenters. The molecule has 0 aliphatic carbocycles. The zero-order chi connectivity index (χ0) is 14.5. The summed E-state index contributed by atoms with van der Waals surface area (Å²) in [7, 11) is 0. The van der Waals surface area contributed by atoms with Crippen LogP contribution < -0.4 is 0 Å². The molecule has 0 unspecified atom stereocenters. The third-order valence-corrected chi connectivity index (χ3v) is 3.22. The Morgan fingerprint density at radius 3 is 2.95 bits per heavy atom. The van der Waals surface area contributed by atoms with E-state index in [4.69, 9.17) is 9.78 Å². The van der Waals surface area contributed by atoms with Crippen molar-refractivity contribution in [1.82, 2.24) is 10.1 Å². The van der Waals surface area contributed by atoms with Crippen molar-refractivity contribution in [3.63, 3.8) is 0 Å². The molecular formula is C15H17N3O2. The number of amides is 1. The van der Waals surface area contributed by atoms with Gasteiger partial charge in [0.15, 0.2) is 5.58 Å². The van der Waals surface area contributed by atoms with Crippen LogP contribution >= 0.6 is 0 Å². The average Bonchev–Trinajstić information content (AvgIpc) is 2.87. The number of hydrogen-bond donors (Lipinski definition) is 0. The molecule has 20 heavy (non-hydrogen) atoms. The van der Waals surface area contributed by atoms with Crippen LogP contribution in [-0.2, 0) is 11.2 Å². The minimum Gasteiger partial charge on any atom is -0.356 e. The van der Waals surface area contributed by atoms with Gasteiger partial charge in [-0.05, 0) is 26.0 Å². The molecule has 5 heteroatoms. The number of rotatable bonds is 5. The second kappa shape index (κ2) is 6.20. The van der Waals surface area contributed by atoms with Gasteiger partial charge in [-0.2, -0.15) is 5.26 Å². The number of carbonyl (C=O) groups is 1. The number of aromatic nitrogens is 1. The van der Waals surface area contributed by atoms with Gasteiger partial charge in [0.1, 0.15) is 5.69 Å². The number of para-hydroxylation sites is 1. The lowest BCUT2D eigenvalue weighted by Crippen LogP contribution is -2.35. The largest absolute Gasteiger partial charge is 0.356 e. The molecule has 1 aromatic carbocycles. The van der Waals surface area contributed by atoms with Crippen molar-refractivity contribution in [3.8, 4) is 6.07 Å². The molecule has 0 saturated heterocycles. The normalized spacial score (nSPS) is 12.1. The van der Waals surface area contributed by atoms with Gasteiger partial charge in [-0.1, -0.05) is 17.3 Å². The zero-order valence-electron chi connectivity index (χ0n) is 11.7. The van der Waals surface area contributed by atoms with E-state index in [1.165, 1.54) is 0 Å². The van der Waals surface area contributed by atoms with E-state index in [2.05, 4.69) is 11.2 Å². The summed E-state index contributed by atoms with van der Waals surface area (Å²) in [6, 6.07) is 9.62. The lowest BCUT2D eigenvalue weighted by atomic mass is 10.1. The highest BCUT2D eigenvalue weighted by molar-refractivity contribution is 5.86. The molecule has 0 spiro atoms. The molecule has 104 valence electrons. The molecule has 2 aromatic rings. The Morgan fingerprint density at radius 1 is 1.50 bits per heavy atom. The fourth-order valence-electron chi connectivity index (χ4n) is 2.10. The third kappa shape index (κ3) is 2.97. The molecule has 0 aliphatic heterocycles. The summed E-state index contributed by atoms with van der Waals surface area (Å²) in [4.78, 5) is 13.9. The summed E-state index contributed by atoms with van der Waals surface area (Å²) in [6.45, 7) is 4.74. The summed E-state index contributed by atoms with van der Waals surface area (Å²) in [5.74, 6) is -0.207. The van der Waals surface area contributed by atoms with Crippen molar-refractivity contribution in [1.29, 1.82) is 5.26 Å². The van der Waals surface area contributed by atoms with Crippen molar-refractivity contribution in [2.75, 3.05) is 13.1 Å². The van der Waals surface area contributed by atoms with Crippen LogP contribution in [-0.4, -0.2) is 29.1 Å². The maximum atomic E-state index is 12.3. The summed E-state index contributed by atoms with van der Waals surface area (Å²) < 4.78 is 5.19. The summed E-state index contributed by atoms with van der Waals surface area (Å²) in [5.41, 5.74) is 1.33. The highest BCUT2D eigenvalue weighted by Crippen LogP contribution is 2.18. The van der Waals surface area contributed by atoms with Crippen LogP contribution in [0.2, 0.25) is 0 Å². The Kier molecular flexibility index (Phi) is 4.36. The first kappa shape index (κ1) is 14.1. The number of carbonyl (C=O) groups excluding carboxylic acids is 1. The number of nitriles is 1. The lowest BCUT2D eigenvalue weighted by Gasteiger charge is -2.21. The molecule has 1 heterocycles. The van der Waals surface area contributed by atoms with Gasteiger partial charge in [-0.15, -0.1) is 0 Å². The quantitative estimate of drug-likeness (QED) is 0.837. The van der Waals surface area contributed by atoms with Crippen LogP contribution in [0.5, 0.6) is 0 Å². The van der Waals surface area contributed by atoms with Crippen LogP contribution in [0, 0.1) is 17.2 Å². The highest BCUT2D eigenvalue weighted by Gasteiger charge is 2.18. The molecule has 2 rings (SSSR count). The topological polar surface area (TPSA) is 70.1 Å². The van der Waals surface area contributed by atoms with E-state index in [0.717, 1.165) is 5.39 Å². The molecule has 1 amide bonds. The Bertz CT molecular complexity index is 642. The van der Waals surface area contributed by atoms with Crippen molar-refractivity contribution in [2.45, 2.75) is 20.3 Å². The van der Waals surface area contributed by atoms with Gasteiger partial charge in [0, 0.05) is 18.5 Å². The van der Waals surface area contributed by atoms with E-state index in [9.17, 15) is 4.79 Å². The molecule has 5 nitrogen and oxygen atoms in total. The van der Waals surface area contributed by atoms with E-state index in [1.807, 2.05) is 31.2 Å². The van der Waals surface area contributed by atoms with Gasteiger partial charge in [0.05, 0.1) is 18.4 Å². The van der Waals surface area contributed by atoms with Gasteiger partial charge in [0.2, 0.25) is 5.91 Å². The van der Waals surface area contributed by atoms with E-state index in [1.54, 1.807) is 11.8 Å². The molecule has 0 fully saturated rings. The number of nitrogens with zero attached hydrogens (tertiary/aromatic N) is 3. The summed E-state index contributed by atoms with van der Waals surface area (Å²) >= 11 is 0. The number of likely N-dealkylation sites (N-methyl/N-ethyl adjacent to an activating group) is 1. The zero-order valence-corrected chi connectivity index (χ0v) is 11.7. The molecule has 1 aromatic heterocycles. The fraction of sp³-hybridized carbons (Fsp3) is 0.400. The van der Waals surface area contributed by atoms with Gasteiger partial charge < -0.3 is 9.42 Å². The monoisotopic (exact) mass is 271 g/mol. The fourth-order valence-corrected chi connectivity index (χ4v) is 2.10. The number of benzene rings is 1. The molecule has 0 N–H and O–H groups in total. The number of fused-ring (bicyclic) bond motifs is 1. The van der Waals surface area contributed by atoms with Crippen molar-refractivity contribution in [2.24, 2.45) is 5.92 Å². The SMILES string of the molecule is CCN(C[C@H](C)C#N)C(=O)Cc1noc2ccccc12. The smallest absolute Gasteiger partial charge is 0.228 e. The van der Waals surface area contributed by atoms with Crippen LogP contribution in [0.25, 0.3) is 11.0 Å². The average molecular weight is 271 g/mol. The Hall–Kier alpha value is -2.35. The minimum absolute atomic E-state index is 0.0337. The van der Waals surface area contributed by atoms with Gasteiger partial charge >= 0.3 is 0 Å². The van der Waals surface area contributed by atoms with E-state index < -0.39 is 0 Å². The van der Waals surface area contributed by atoms with Gasteiger partial charge in [-0.3, -0.25) is 4.79 Å². The van der Waals surface area contributed by atoms with Crippen LogP contribution in [0.3, 0.4) is 0 Å². The Balaban J connectivity index is 2.12. The van der Waals surface area contributed by atoms with Gasteiger partial charge in [0.25, 0.3) is 0 Å². The van der Waals surface area contributed by atoms with E-state index in [-0.39, 0.29) is 18.2 Å². The molecule has 0 radical (unpaired) electrons. The molecule has 0 aliphatic rings. The van der Waals surface area contributed by atoms with Crippen LogP contribution in [0.15, 0.2) is 28.8 Å². The Labute approximate surface area is 117 Å². The predicted octanol–water partition coefficient (Wildman–Crippen LogP) is 2.38. The molecule has 0 bridgehead atoms. The van der Waals surface area contributed by atoms with Crippen LogP contribution in [0.4, 0.5) is 0 Å². The minimum atomic E-state index is -0.173. The number of hydrogen-bond acceptors (Lipinski definition) is 4. The standard InChI is InChI=1S/C15H17N3O2/c1-3-18(10-11(2)9-16)15(19)8-13-12-6-4-5-7-14(12)20-17-13/h4-7,11H,3,8,10H2,1-2H3/t11-/m1/s1. The predicted molar refractivity (Wildman–Crippen MR) is 74.7 cm³/mol. The summed E-state index contributed by atoms with van der Waals surface area (Å²) in [5, 5.41) is 13.7. The summed E-state index contributed by atoms with van der Waals surface area (Å²) in [6.07, 6.45) is 0.197. The Morgan fingerprint density at radius 2 is 2.25 bits per heavy atom. The third-order valence-electron chi connectivity index (χ3n) is 3.22. The molecular weight excluding hydrogens is 254 g/mol. The second-order valence-electron chi connectivity index (χ2n) is 4.76. The first-order valence-electron chi connectivity index (χ1n) is 6.66. The maximum absolute atomic E-state index is 12.3. The first-order valence-corrected chi connectivity index (χ1v) is 6.66. The second-order valence-corrected chi connectivity index (χ2v) is 4.76. The van der Waals surface area contributed by atoms with Crippen molar-refractivity contribution < 1.29 is 9.32 Å². The van der Waals surface area contributed by atoms with E-state index >= 15 is 0 Å². The van der Waals surface area contributed by atoms with E-state index in [0.29, 0.717) is 24.4 Å². The van der Waals surface area contributed by atoms with Crippen LogP contribution in [0.1, 0.15) is 19.5 Å². The maximum Gasteiger partial charge on any atom is 0.228 e. The lowest BCUT2D eigenvalue weighted by molar-refractivity contribution is -0.130. The highest BCUT2D eigenvalue weighted by atomic mass is 16.5.